The van der Waals surface area contributed by atoms with E-state index in [1.54, 1.807) is 6.26 Å². The first-order chi connectivity index (χ1) is 9.22. The maximum Gasteiger partial charge on any atom is 0.191 e. The molecule has 108 valence electrons. The highest BCUT2D eigenvalue weighted by molar-refractivity contribution is 5.79. The van der Waals surface area contributed by atoms with Crippen molar-refractivity contribution in [2.75, 3.05) is 26.3 Å². The Morgan fingerprint density at radius 1 is 1.42 bits per heavy atom. The van der Waals surface area contributed by atoms with Gasteiger partial charge in [0.25, 0.3) is 0 Å². The number of ether oxygens (including phenoxy) is 1. The Morgan fingerprint density at radius 2 is 2.26 bits per heavy atom. The summed E-state index contributed by atoms with van der Waals surface area (Å²) in [4.78, 5) is 4.43. The summed E-state index contributed by atoms with van der Waals surface area (Å²) in [6.45, 7) is 9.91. The number of nitrogens with one attached hydrogen (secondary N) is 2. The molecule has 0 aliphatic carbocycles. The summed E-state index contributed by atoms with van der Waals surface area (Å²) in [7, 11) is 0. The molecular weight excluding hydrogens is 242 g/mol. The molecular formula is C14H25N3O2. The van der Waals surface area contributed by atoms with Crippen molar-refractivity contribution in [1.29, 1.82) is 0 Å². The highest BCUT2D eigenvalue weighted by atomic mass is 16.5. The lowest BCUT2D eigenvalue weighted by atomic mass is 10.2. The Hall–Kier alpha value is -1.49. The molecule has 1 aromatic heterocycles. The summed E-state index contributed by atoms with van der Waals surface area (Å²) in [5.74, 6) is 2.21. The zero-order valence-electron chi connectivity index (χ0n) is 12.1. The molecule has 0 spiro atoms. The van der Waals surface area contributed by atoms with Crippen molar-refractivity contribution in [2.24, 2.45) is 10.9 Å². The van der Waals surface area contributed by atoms with Gasteiger partial charge in [0.15, 0.2) is 5.96 Å². The van der Waals surface area contributed by atoms with Gasteiger partial charge in [-0.25, -0.2) is 4.99 Å². The van der Waals surface area contributed by atoms with Crippen molar-refractivity contribution < 1.29 is 9.15 Å². The molecule has 5 nitrogen and oxygen atoms in total. The average Bonchev–Trinajstić information content (AvgIpc) is 2.88. The summed E-state index contributed by atoms with van der Waals surface area (Å²) in [6.07, 6.45) is 1.66. The lowest BCUT2D eigenvalue weighted by Gasteiger charge is -2.11. The van der Waals surface area contributed by atoms with Crippen molar-refractivity contribution in [1.82, 2.24) is 10.6 Å². The molecule has 0 radical (unpaired) electrons. The van der Waals surface area contributed by atoms with E-state index in [1.165, 1.54) is 0 Å². The van der Waals surface area contributed by atoms with E-state index >= 15 is 0 Å². The smallest absolute Gasteiger partial charge is 0.191 e. The van der Waals surface area contributed by atoms with Crippen LogP contribution < -0.4 is 10.6 Å². The molecule has 2 N–H and O–H groups in total. The second kappa shape index (κ2) is 9.44. The van der Waals surface area contributed by atoms with E-state index < -0.39 is 0 Å². The fourth-order valence-corrected chi connectivity index (χ4v) is 1.46. The van der Waals surface area contributed by atoms with Gasteiger partial charge in [0.05, 0.1) is 12.9 Å². The molecule has 19 heavy (non-hydrogen) atoms. The molecule has 0 saturated heterocycles. The van der Waals surface area contributed by atoms with E-state index in [9.17, 15) is 0 Å². The molecule has 1 aromatic rings. The van der Waals surface area contributed by atoms with E-state index in [2.05, 4.69) is 29.5 Å². The van der Waals surface area contributed by atoms with Crippen molar-refractivity contribution in [3.63, 3.8) is 0 Å². The van der Waals surface area contributed by atoms with Crippen LogP contribution in [0.5, 0.6) is 0 Å². The number of rotatable bonds is 8. The van der Waals surface area contributed by atoms with Gasteiger partial charge in [-0.3, -0.25) is 0 Å². The van der Waals surface area contributed by atoms with Crippen LogP contribution in [-0.4, -0.2) is 32.3 Å². The molecule has 0 amide bonds. The number of guanidine groups is 1. The largest absolute Gasteiger partial charge is 0.467 e. The van der Waals surface area contributed by atoms with Crippen LogP contribution in [0.2, 0.25) is 0 Å². The molecule has 0 saturated carbocycles. The molecule has 1 rings (SSSR count). The van der Waals surface area contributed by atoms with Crippen LogP contribution in [0.25, 0.3) is 0 Å². The number of hydrogen-bond donors (Lipinski definition) is 2. The topological polar surface area (TPSA) is 58.8 Å². The van der Waals surface area contributed by atoms with E-state index in [0.29, 0.717) is 19.1 Å². The van der Waals surface area contributed by atoms with Crippen LogP contribution >= 0.6 is 0 Å². The second-order valence-electron chi connectivity index (χ2n) is 4.67. The van der Waals surface area contributed by atoms with E-state index in [1.807, 2.05) is 19.1 Å². The normalized spacial score (nSPS) is 11.9. The van der Waals surface area contributed by atoms with Gasteiger partial charge in [0.2, 0.25) is 0 Å². The summed E-state index contributed by atoms with van der Waals surface area (Å²) >= 11 is 0. The maximum absolute atomic E-state index is 5.51. The van der Waals surface area contributed by atoms with Crippen LogP contribution in [0, 0.1) is 5.92 Å². The molecule has 5 heteroatoms. The number of nitrogens with zero attached hydrogens (tertiary/aromatic N) is 1. The lowest BCUT2D eigenvalue weighted by molar-refractivity contribution is 0.114. The fourth-order valence-electron chi connectivity index (χ4n) is 1.46. The predicted molar refractivity (Wildman–Crippen MR) is 77.2 cm³/mol. The van der Waals surface area contributed by atoms with Crippen LogP contribution in [0.3, 0.4) is 0 Å². The van der Waals surface area contributed by atoms with Gasteiger partial charge in [-0.1, -0.05) is 13.8 Å². The summed E-state index contributed by atoms with van der Waals surface area (Å²) in [6, 6.07) is 3.78. The summed E-state index contributed by atoms with van der Waals surface area (Å²) in [5.41, 5.74) is 0. The SMILES string of the molecule is CCNC(=NCc1ccco1)NCCOCC(C)C. The fraction of sp³-hybridized carbons (Fsp3) is 0.643. The molecule has 0 fully saturated rings. The molecule has 0 aliphatic heterocycles. The van der Waals surface area contributed by atoms with Crippen LogP contribution in [0.1, 0.15) is 26.5 Å². The van der Waals surface area contributed by atoms with E-state index in [4.69, 9.17) is 9.15 Å². The van der Waals surface area contributed by atoms with E-state index in [-0.39, 0.29) is 0 Å². The Balaban J connectivity index is 2.25. The Bertz CT molecular complexity index is 348. The highest BCUT2D eigenvalue weighted by Crippen LogP contribution is 2.00. The molecule has 1 heterocycles. The van der Waals surface area contributed by atoms with Gasteiger partial charge < -0.3 is 19.8 Å². The minimum Gasteiger partial charge on any atom is -0.467 e. The van der Waals surface area contributed by atoms with Crippen molar-refractivity contribution in [3.8, 4) is 0 Å². The third kappa shape index (κ3) is 7.51. The van der Waals surface area contributed by atoms with Crippen LogP contribution in [0.15, 0.2) is 27.8 Å². The third-order valence-corrected chi connectivity index (χ3v) is 2.31. The highest BCUT2D eigenvalue weighted by Gasteiger charge is 1.99. The summed E-state index contributed by atoms with van der Waals surface area (Å²) < 4.78 is 10.8. The molecule has 0 aliphatic rings. The third-order valence-electron chi connectivity index (χ3n) is 2.31. The zero-order valence-corrected chi connectivity index (χ0v) is 12.1. The van der Waals surface area contributed by atoms with Gasteiger partial charge >= 0.3 is 0 Å². The predicted octanol–water partition coefficient (Wildman–Crippen LogP) is 2.01. The van der Waals surface area contributed by atoms with Gasteiger partial charge in [-0.2, -0.15) is 0 Å². The number of aliphatic imine (C=N–C) groups is 1. The van der Waals surface area contributed by atoms with Gasteiger partial charge in [-0.05, 0) is 25.0 Å². The Kier molecular flexibility index (Phi) is 7.74. The quantitative estimate of drug-likeness (QED) is 0.430. The standard InChI is InChI=1S/C14H25N3O2/c1-4-15-14(16-7-9-18-11-12(2)3)17-10-13-6-5-8-19-13/h5-6,8,12H,4,7,9-11H2,1-3H3,(H2,15,16,17). The second-order valence-corrected chi connectivity index (χ2v) is 4.67. The first-order valence-corrected chi connectivity index (χ1v) is 6.84. The Morgan fingerprint density at radius 3 is 2.89 bits per heavy atom. The average molecular weight is 267 g/mol. The first-order valence-electron chi connectivity index (χ1n) is 6.84. The lowest BCUT2D eigenvalue weighted by Crippen LogP contribution is -2.39. The van der Waals surface area contributed by atoms with Gasteiger partial charge in [0, 0.05) is 19.7 Å². The molecule has 0 atom stereocenters. The monoisotopic (exact) mass is 267 g/mol. The van der Waals surface area contributed by atoms with Gasteiger partial charge in [-0.15, -0.1) is 0 Å². The van der Waals surface area contributed by atoms with Crippen molar-refractivity contribution in [2.45, 2.75) is 27.3 Å². The van der Waals surface area contributed by atoms with Crippen molar-refractivity contribution in [3.05, 3.63) is 24.2 Å². The van der Waals surface area contributed by atoms with E-state index in [0.717, 1.165) is 31.4 Å². The minimum atomic E-state index is 0.537. The molecule has 0 unspecified atom stereocenters. The Labute approximate surface area is 115 Å². The number of hydrogen-bond acceptors (Lipinski definition) is 3. The molecule has 0 aromatic carbocycles. The number of furan rings is 1. The summed E-state index contributed by atoms with van der Waals surface area (Å²) in [5, 5.41) is 6.42. The molecule has 0 bridgehead atoms. The maximum atomic E-state index is 5.51. The van der Waals surface area contributed by atoms with Crippen molar-refractivity contribution >= 4 is 5.96 Å². The zero-order chi connectivity index (χ0) is 13.9. The van der Waals surface area contributed by atoms with Gasteiger partial charge in [0.1, 0.15) is 12.3 Å². The van der Waals surface area contributed by atoms with Crippen LogP contribution in [-0.2, 0) is 11.3 Å². The first kappa shape index (κ1) is 15.6. The van der Waals surface area contributed by atoms with Crippen LogP contribution in [0.4, 0.5) is 0 Å². The minimum absolute atomic E-state index is 0.537.